The van der Waals surface area contributed by atoms with Crippen molar-refractivity contribution in [3.8, 4) is 5.82 Å². The summed E-state index contributed by atoms with van der Waals surface area (Å²) >= 11 is 0. The molecule has 1 aliphatic rings. The first kappa shape index (κ1) is 16.5. The molecule has 0 unspecified atom stereocenters. The van der Waals surface area contributed by atoms with Gasteiger partial charge in [0.1, 0.15) is 0 Å². The molecule has 0 radical (unpaired) electrons. The molecular weight excluding hydrogens is 324 g/mol. The number of benzene rings is 1. The second-order valence-electron chi connectivity index (χ2n) is 6.30. The van der Waals surface area contributed by atoms with Gasteiger partial charge < -0.3 is 4.90 Å². The Hall–Kier alpha value is -2.99. The third kappa shape index (κ3) is 3.97. The van der Waals surface area contributed by atoms with Gasteiger partial charge in [0.25, 0.3) is 0 Å². The molecule has 0 spiro atoms. The van der Waals surface area contributed by atoms with Gasteiger partial charge in [-0.05, 0) is 23.8 Å². The fourth-order valence-electron chi connectivity index (χ4n) is 3.07. The van der Waals surface area contributed by atoms with Crippen LogP contribution in [0.2, 0.25) is 0 Å². The van der Waals surface area contributed by atoms with Gasteiger partial charge >= 0.3 is 0 Å². The minimum absolute atomic E-state index is 0.739. The number of rotatable bonds is 5. The Morgan fingerprint density at radius 2 is 1.62 bits per heavy atom. The zero-order chi connectivity index (χ0) is 17.6. The summed E-state index contributed by atoms with van der Waals surface area (Å²) in [6.07, 6.45) is 8.03. The monoisotopic (exact) mass is 346 g/mol. The number of hydrogen-bond donors (Lipinski definition) is 0. The Labute approximate surface area is 153 Å². The molecule has 1 saturated heterocycles. The van der Waals surface area contributed by atoms with Crippen molar-refractivity contribution in [3.63, 3.8) is 0 Å². The summed E-state index contributed by atoms with van der Waals surface area (Å²) < 4.78 is 1.72. The van der Waals surface area contributed by atoms with E-state index in [2.05, 4.69) is 61.5 Å². The smallest absolute Gasteiger partial charge is 0.175 e. The van der Waals surface area contributed by atoms with Crippen molar-refractivity contribution >= 4 is 11.9 Å². The molecule has 0 bridgehead atoms. The highest BCUT2D eigenvalue weighted by Crippen LogP contribution is 2.14. The molecule has 6 nitrogen and oxygen atoms in total. The van der Waals surface area contributed by atoms with Crippen LogP contribution in [-0.2, 0) is 0 Å². The average Bonchev–Trinajstić information content (AvgIpc) is 3.24. The van der Waals surface area contributed by atoms with Crippen molar-refractivity contribution in [1.29, 1.82) is 0 Å². The maximum atomic E-state index is 4.37. The van der Waals surface area contributed by atoms with Crippen LogP contribution in [0.5, 0.6) is 0 Å². The highest BCUT2D eigenvalue weighted by Gasteiger charge is 2.17. The van der Waals surface area contributed by atoms with Crippen LogP contribution in [0.25, 0.3) is 11.9 Å². The average molecular weight is 346 g/mol. The molecule has 1 aromatic carbocycles. The van der Waals surface area contributed by atoms with Crippen molar-refractivity contribution in [2.45, 2.75) is 0 Å². The van der Waals surface area contributed by atoms with Crippen LogP contribution in [0, 0.1) is 0 Å². The SMILES string of the molecule is C(=Cc1ccccc1)CN1CCN(c2ccc(-n3cccn3)nn2)CC1. The van der Waals surface area contributed by atoms with Gasteiger partial charge in [0.15, 0.2) is 11.6 Å². The highest BCUT2D eigenvalue weighted by atomic mass is 15.4. The van der Waals surface area contributed by atoms with E-state index >= 15 is 0 Å². The maximum absolute atomic E-state index is 4.37. The van der Waals surface area contributed by atoms with Crippen LogP contribution in [0.15, 0.2) is 67.0 Å². The van der Waals surface area contributed by atoms with Crippen molar-refractivity contribution in [1.82, 2.24) is 24.9 Å². The van der Waals surface area contributed by atoms with Crippen molar-refractivity contribution < 1.29 is 0 Å². The van der Waals surface area contributed by atoms with E-state index in [1.807, 2.05) is 30.5 Å². The quantitative estimate of drug-likeness (QED) is 0.710. The van der Waals surface area contributed by atoms with E-state index in [0.29, 0.717) is 0 Å². The summed E-state index contributed by atoms with van der Waals surface area (Å²) in [5.74, 6) is 1.67. The van der Waals surface area contributed by atoms with Gasteiger partial charge in [-0.3, -0.25) is 4.90 Å². The Morgan fingerprint density at radius 1 is 0.846 bits per heavy atom. The fraction of sp³-hybridized carbons (Fsp3) is 0.250. The van der Waals surface area contributed by atoms with E-state index in [1.54, 1.807) is 10.9 Å². The maximum Gasteiger partial charge on any atom is 0.175 e. The van der Waals surface area contributed by atoms with E-state index in [9.17, 15) is 0 Å². The summed E-state index contributed by atoms with van der Waals surface area (Å²) in [5, 5.41) is 12.8. The third-order valence-electron chi connectivity index (χ3n) is 4.55. The van der Waals surface area contributed by atoms with E-state index in [4.69, 9.17) is 0 Å². The van der Waals surface area contributed by atoms with Crippen LogP contribution in [-0.4, -0.2) is 57.6 Å². The van der Waals surface area contributed by atoms with Crippen molar-refractivity contribution in [2.24, 2.45) is 0 Å². The zero-order valence-electron chi connectivity index (χ0n) is 14.6. The molecule has 3 aromatic rings. The Kier molecular flexibility index (Phi) is 5.02. The van der Waals surface area contributed by atoms with Crippen LogP contribution >= 0.6 is 0 Å². The molecule has 0 amide bonds. The normalized spacial score (nSPS) is 15.6. The van der Waals surface area contributed by atoms with Crippen LogP contribution in [0.4, 0.5) is 5.82 Å². The highest BCUT2D eigenvalue weighted by molar-refractivity contribution is 5.48. The predicted molar refractivity (Wildman–Crippen MR) is 103 cm³/mol. The molecular formula is C20H22N6. The molecule has 0 aliphatic carbocycles. The summed E-state index contributed by atoms with van der Waals surface area (Å²) in [5.41, 5.74) is 1.25. The molecule has 1 fully saturated rings. The third-order valence-corrected chi connectivity index (χ3v) is 4.55. The van der Waals surface area contributed by atoms with E-state index < -0.39 is 0 Å². The first-order valence-corrected chi connectivity index (χ1v) is 8.91. The molecule has 3 heterocycles. The number of piperazine rings is 1. The topological polar surface area (TPSA) is 50.1 Å². The van der Waals surface area contributed by atoms with Gasteiger partial charge in [0.05, 0.1) is 0 Å². The van der Waals surface area contributed by atoms with Gasteiger partial charge in [-0.25, -0.2) is 4.68 Å². The summed E-state index contributed by atoms with van der Waals surface area (Å²) in [7, 11) is 0. The second-order valence-corrected chi connectivity index (χ2v) is 6.30. The molecule has 6 heteroatoms. The number of aromatic nitrogens is 4. The van der Waals surface area contributed by atoms with E-state index in [0.717, 1.165) is 44.4 Å². The summed E-state index contributed by atoms with van der Waals surface area (Å²) in [4.78, 5) is 4.75. The minimum atomic E-state index is 0.739. The van der Waals surface area contributed by atoms with Crippen LogP contribution in [0.1, 0.15) is 5.56 Å². The molecule has 26 heavy (non-hydrogen) atoms. The van der Waals surface area contributed by atoms with Gasteiger partial charge in [-0.1, -0.05) is 42.5 Å². The molecule has 0 atom stereocenters. The van der Waals surface area contributed by atoms with E-state index in [1.165, 1.54) is 5.56 Å². The standard InChI is InChI=1S/C20H22N6/c1-2-6-18(7-3-1)8-4-12-24-14-16-25(17-15-24)19-9-10-20(23-22-19)26-13-5-11-21-26/h1-11,13H,12,14-17H2. The summed E-state index contributed by atoms with van der Waals surface area (Å²) in [6, 6.07) is 16.3. The molecule has 2 aromatic heterocycles. The molecule has 132 valence electrons. The minimum Gasteiger partial charge on any atom is -0.353 e. The molecule has 0 N–H and O–H groups in total. The zero-order valence-corrected chi connectivity index (χ0v) is 14.6. The second kappa shape index (κ2) is 7.93. The van der Waals surface area contributed by atoms with Gasteiger partial charge in [0, 0.05) is 45.1 Å². The Morgan fingerprint density at radius 3 is 2.31 bits per heavy atom. The Bertz CT molecular complexity index is 819. The first-order valence-electron chi connectivity index (χ1n) is 8.91. The Balaban J connectivity index is 1.29. The van der Waals surface area contributed by atoms with Crippen LogP contribution < -0.4 is 4.90 Å². The van der Waals surface area contributed by atoms with Crippen LogP contribution in [0.3, 0.4) is 0 Å². The van der Waals surface area contributed by atoms with Crippen molar-refractivity contribution in [3.05, 3.63) is 72.6 Å². The lowest BCUT2D eigenvalue weighted by Crippen LogP contribution is -2.46. The largest absolute Gasteiger partial charge is 0.353 e. The molecule has 1 aliphatic heterocycles. The lowest BCUT2D eigenvalue weighted by atomic mass is 10.2. The number of hydrogen-bond acceptors (Lipinski definition) is 5. The molecule has 0 saturated carbocycles. The number of anilines is 1. The lowest BCUT2D eigenvalue weighted by molar-refractivity contribution is 0.283. The fourth-order valence-corrected chi connectivity index (χ4v) is 3.07. The summed E-state index contributed by atoms with van der Waals surface area (Å²) in [6.45, 7) is 4.97. The molecule has 4 rings (SSSR count). The predicted octanol–water partition coefficient (Wildman–Crippen LogP) is 2.50. The van der Waals surface area contributed by atoms with Gasteiger partial charge in [0.2, 0.25) is 0 Å². The number of nitrogens with zero attached hydrogens (tertiary/aromatic N) is 6. The van der Waals surface area contributed by atoms with Gasteiger partial charge in [-0.15, -0.1) is 10.2 Å². The van der Waals surface area contributed by atoms with Gasteiger partial charge in [-0.2, -0.15) is 5.10 Å². The first-order chi connectivity index (χ1) is 12.9. The lowest BCUT2D eigenvalue weighted by Gasteiger charge is -2.34. The van der Waals surface area contributed by atoms with Crippen molar-refractivity contribution in [2.75, 3.05) is 37.6 Å². The van der Waals surface area contributed by atoms with E-state index in [-0.39, 0.29) is 0 Å².